The van der Waals surface area contributed by atoms with Crippen LogP contribution in [-0.2, 0) is 0 Å². The summed E-state index contributed by atoms with van der Waals surface area (Å²) in [6.07, 6.45) is -0.900. The van der Waals surface area contributed by atoms with Gasteiger partial charge < -0.3 is 4.74 Å². The third-order valence-corrected chi connectivity index (χ3v) is 1.97. The van der Waals surface area contributed by atoms with Gasteiger partial charge in [0.25, 0.3) is 0 Å². The first-order valence-corrected chi connectivity index (χ1v) is 4.57. The van der Waals surface area contributed by atoms with Gasteiger partial charge in [-0.25, -0.2) is 4.98 Å². The third-order valence-electron chi connectivity index (χ3n) is 1.97. The summed E-state index contributed by atoms with van der Waals surface area (Å²) < 4.78 is 40.0. The standard InChI is InChI=1S/C9H9F3N2O/c10-9(11,12)5-15-7-3-4-13-8(14-7)6-1-2-6/h3-4,6H,1-2,5H2. The van der Waals surface area contributed by atoms with Gasteiger partial charge in [-0.05, 0) is 12.8 Å². The van der Waals surface area contributed by atoms with Gasteiger partial charge in [0.1, 0.15) is 5.82 Å². The fourth-order valence-electron chi connectivity index (χ4n) is 1.13. The number of hydrogen-bond donors (Lipinski definition) is 0. The monoisotopic (exact) mass is 218 g/mol. The molecule has 0 N–H and O–H groups in total. The number of nitrogens with zero attached hydrogens (tertiary/aromatic N) is 2. The van der Waals surface area contributed by atoms with Crippen molar-refractivity contribution >= 4 is 0 Å². The van der Waals surface area contributed by atoms with Crippen LogP contribution in [0.1, 0.15) is 24.6 Å². The first-order valence-electron chi connectivity index (χ1n) is 4.57. The van der Waals surface area contributed by atoms with E-state index in [4.69, 9.17) is 0 Å². The first kappa shape index (κ1) is 10.2. The second kappa shape index (κ2) is 3.67. The van der Waals surface area contributed by atoms with Crippen LogP contribution in [0.2, 0.25) is 0 Å². The Labute approximate surface area is 84.3 Å². The zero-order valence-corrected chi connectivity index (χ0v) is 7.79. The third kappa shape index (κ3) is 3.07. The maximum absolute atomic E-state index is 11.8. The summed E-state index contributed by atoms with van der Waals surface area (Å²) in [5, 5.41) is 0. The lowest BCUT2D eigenvalue weighted by Crippen LogP contribution is -2.19. The molecule has 1 aliphatic rings. The fraction of sp³-hybridized carbons (Fsp3) is 0.556. The highest BCUT2D eigenvalue weighted by Crippen LogP contribution is 2.38. The molecule has 15 heavy (non-hydrogen) atoms. The summed E-state index contributed by atoms with van der Waals surface area (Å²) in [7, 11) is 0. The van der Waals surface area contributed by atoms with Crippen LogP contribution < -0.4 is 4.74 Å². The van der Waals surface area contributed by atoms with Crippen molar-refractivity contribution in [3.63, 3.8) is 0 Å². The Morgan fingerprint density at radius 2 is 2.13 bits per heavy atom. The second-order valence-electron chi connectivity index (χ2n) is 3.43. The van der Waals surface area contributed by atoms with E-state index in [0.717, 1.165) is 12.8 Å². The molecule has 1 aromatic rings. The molecular weight excluding hydrogens is 209 g/mol. The van der Waals surface area contributed by atoms with Crippen LogP contribution in [0.3, 0.4) is 0 Å². The van der Waals surface area contributed by atoms with E-state index in [-0.39, 0.29) is 5.88 Å². The predicted octanol–water partition coefficient (Wildman–Crippen LogP) is 2.30. The summed E-state index contributed by atoms with van der Waals surface area (Å²) in [6, 6.07) is 1.33. The smallest absolute Gasteiger partial charge is 0.422 e. The number of halogens is 3. The van der Waals surface area contributed by atoms with Crippen LogP contribution in [0.4, 0.5) is 13.2 Å². The lowest BCUT2D eigenvalue weighted by molar-refractivity contribution is -0.154. The average Bonchev–Trinajstić information content (AvgIpc) is 2.97. The Hall–Kier alpha value is -1.33. The van der Waals surface area contributed by atoms with Gasteiger partial charge in [-0.15, -0.1) is 0 Å². The fourth-order valence-corrected chi connectivity index (χ4v) is 1.13. The van der Waals surface area contributed by atoms with Crippen molar-refractivity contribution in [3.8, 4) is 5.88 Å². The van der Waals surface area contributed by atoms with Gasteiger partial charge in [0.15, 0.2) is 6.61 Å². The molecule has 0 aliphatic heterocycles. The van der Waals surface area contributed by atoms with Gasteiger partial charge in [0, 0.05) is 18.2 Å². The van der Waals surface area contributed by atoms with Crippen molar-refractivity contribution in [2.45, 2.75) is 24.9 Å². The van der Waals surface area contributed by atoms with E-state index in [1.807, 2.05) is 0 Å². The van der Waals surface area contributed by atoms with Crippen LogP contribution in [0.25, 0.3) is 0 Å². The van der Waals surface area contributed by atoms with Crippen LogP contribution in [0, 0.1) is 0 Å². The molecule has 2 rings (SSSR count). The summed E-state index contributed by atoms with van der Waals surface area (Å²) in [5.74, 6) is 0.873. The Bertz CT molecular complexity index is 349. The van der Waals surface area contributed by atoms with E-state index in [0.29, 0.717) is 11.7 Å². The Morgan fingerprint density at radius 3 is 2.73 bits per heavy atom. The van der Waals surface area contributed by atoms with Gasteiger partial charge >= 0.3 is 6.18 Å². The van der Waals surface area contributed by atoms with Crippen LogP contribution in [0.15, 0.2) is 12.3 Å². The van der Waals surface area contributed by atoms with E-state index < -0.39 is 12.8 Å². The number of alkyl halides is 3. The average molecular weight is 218 g/mol. The van der Waals surface area contributed by atoms with E-state index >= 15 is 0 Å². The van der Waals surface area contributed by atoms with Crippen molar-refractivity contribution < 1.29 is 17.9 Å². The molecule has 0 aromatic carbocycles. The molecule has 0 radical (unpaired) electrons. The zero-order valence-electron chi connectivity index (χ0n) is 7.79. The molecule has 0 saturated heterocycles. The summed E-state index contributed by atoms with van der Waals surface area (Å²) >= 11 is 0. The Kier molecular flexibility index (Phi) is 2.50. The molecule has 82 valence electrons. The van der Waals surface area contributed by atoms with Gasteiger partial charge in [-0.3, -0.25) is 0 Å². The molecule has 1 saturated carbocycles. The maximum atomic E-state index is 11.8. The van der Waals surface area contributed by atoms with Crippen molar-refractivity contribution in [2.24, 2.45) is 0 Å². The second-order valence-corrected chi connectivity index (χ2v) is 3.43. The van der Waals surface area contributed by atoms with Crippen molar-refractivity contribution in [1.82, 2.24) is 9.97 Å². The van der Waals surface area contributed by atoms with Gasteiger partial charge in [0.05, 0.1) is 0 Å². The lowest BCUT2D eigenvalue weighted by Gasteiger charge is -2.08. The summed E-state index contributed by atoms with van der Waals surface area (Å²) in [6.45, 7) is -1.31. The number of ether oxygens (including phenoxy) is 1. The van der Waals surface area contributed by atoms with Crippen molar-refractivity contribution in [1.29, 1.82) is 0 Å². The molecule has 0 bridgehead atoms. The number of hydrogen-bond acceptors (Lipinski definition) is 3. The van der Waals surface area contributed by atoms with Crippen LogP contribution in [0.5, 0.6) is 5.88 Å². The quantitative estimate of drug-likeness (QED) is 0.780. The highest BCUT2D eigenvalue weighted by molar-refractivity contribution is 5.13. The molecule has 3 nitrogen and oxygen atoms in total. The van der Waals surface area contributed by atoms with Crippen LogP contribution >= 0.6 is 0 Å². The minimum atomic E-state index is -4.33. The maximum Gasteiger partial charge on any atom is 0.422 e. The molecular formula is C9H9F3N2O. The highest BCUT2D eigenvalue weighted by atomic mass is 19.4. The molecule has 1 heterocycles. The van der Waals surface area contributed by atoms with E-state index in [2.05, 4.69) is 14.7 Å². The van der Waals surface area contributed by atoms with E-state index in [9.17, 15) is 13.2 Å². The van der Waals surface area contributed by atoms with E-state index in [1.54, 1.807) is 0 Å². The topological polar surface area (TPSA) is 35.0 Å². The largest absolute Gasteiger partial charge is 0.468 e. The van der Waals surface area contributed by atoms with Crippen molar-refractivity contribution in [3.05, 3.63) is 18.1 Å². The lowest BCUT2D eigenvalue weighted by atomic mass is 10.4. The number of rotatable bonds is 3. The minimum Gasteiger partial charge on any atom is -0.468 e. The SMILES string of the molecule is FC(F)(F)COc1ccnc(C2CC2)n1. The van der Waals surface area contributed by atoms with Crippen molar-refractivity contribution in [2.75, 3.05) is 6.61 Å². The zero-order chi connectivity index (χ0) is 10.9. The van der Waals surface area contributed by atoms with Gasteiger partial charge in [-0.1, -0.05) is 0 Å². The number of aromatic nitrogens is 2. The molecule has 1 aromatic heterocycles. The molecule has 0 atom stereocenters. The van der Waals surface area contributed by atoms with Gasteiger partial charge in [0.2, 0.25) is 5.88 Å². The molecule has 1 aliphatic carbocycles. The normalized spacial score (nSPS) is 16.5. The Morgan fingerprint density at radius 1 is 1.40 bits per heavy atom. The summed E-state index contributed by atoms with van der Waals surface area (Å²) in [4.78, 5) is 7.88. The minimum absolute atomic E-state index is 0.00998. The first-order chi connectivity index (χ1) is 7.04. The predicted molar refractivity (Wildman–Crippen MR) is 45.6 cm³/mol. The molecule has 0 unspecified atom stereocenters. The highest BCUT2D eigenvalue weighted by Gasteiger charge is 2.30. The van der Waals surface area contributed by atoms with E-state index in [1.165, 1.54) is 12.3 Å². The molecule has 0 amide bonds. The Balaban J connectivity index is 1.99. The molecule has 0 spiro atoms. The van der Waals surface area contributed by atoms with Gasteiger partial charge in [-0.2, -0.15) is 18.2 Å². The summed E-state index contributed by atoms with van der Waals surface area (Å²) in [5.41, 5.74) is 0. The molecule has 6 heteroatoms. The van der Waals surface area contributed by atoms with Crippen LogP contribution in [-0.4, -0.2) is 22.8 Å². The molecule has 1 fully saturated rings.